The van der Waals surface area contributed by atoms with Gasteiger partial charge in [0.15, 0.2) is 4.34 Å². The number of nitrogens with zero attached hydrogens (tertiary/aromatic N) is 3. The molecule has 120 valence electrons. The number of thioether (sulfide) groups is 1. The van der Waals surface area contributed by atoms with Gasteiger partial charge in [-0.15, -0.1) is 10.2 Å². The summed E-state index contributed by atoms with van der Waals surface area (Å²) in [6, 6.07) is 6.75. The van der Waals surface area contributed by atoms with Crippen LogP contribution in [0.25, 0.3) is 0 Å². The summed E-state index contributed by atoms with van der Waals surface area (Å²) < 4.78 is 0.713. The van der Waals surface area contributed by atoms with Crippen molar-refractivity contribution in [2.24, 2.45) is 0 Å². The smallest absolute Gasteiger partial charge is 0.234 e. The van der Waals surface area contributed by atoms with Crippen molar-refractivity contribution in [1.29, 1.82) is 5.26 Å². The molecule has 2 rings (SSSR count). The minimum atomic E-state index is -0.230. The molecule has 1 amide bonds. The van der Waals surface area contributed by atoms with E-state index in [2.05, 4.69) is 27.8 Å². The molecule has 0 fully saturated rings. The van der Waals surface area contributed by atoms with Crippen molar-refractivity contribution in [2.75, 3.05) is 22.9 Å². The molecule has 1 heterocycles. The van der Waals surface area contributed by atoms with Crippen LogP contribution in [0, 0.1) is 11.3 Å². The molecule has 0 atom stereocenters. The quantitative estimate of drug-likeness (QED) is 0.726. The minimum Gasteiger partial charge on any atom is -0.360 e. The summed E-state index contributed by atoms with van der Waals surface area (Å²) >= 11 is 8.59. The predicted octanol–water partition coefficient (Wildman–Crippen LogP) is 3.62. The standard InChI is InChI=1S/C14H14ClN5OS2/c1-2-5-17-13-19-20-14(23-13)22-8-12(21)18-11-6-10(15)4-3-9(11)7-16/h3-4,6H,2,5,8H2,1H3,(H,17,19)(H,18,21). The van der Waals surface area contributed by atoms with Gasteiger partial charge in [0.25, 0.3) is 0 Å². The van der Waals surface area contributed by atoms with Gasteiger partial charge in [-0.1, -0.05) is 41.6 Å². The van der Waals surface area contributed by atoms with Crippen LogP contribution in [-0.2, 0) is 4.79 Å². The van der Waals surface area contributed by atoms with E-state index in [1.807, 2.05) is 6.07 Å². The SMILES string of the molecule is CCCNc1nnc(SCC(=O)Nc2cc(Cl)ccc2C#N)s1. The Kier molecular flexibility index (Phi) is 6.65. The number of carbonyl (C=O) groups is 1. The number of amides is 1. The highest BCUT2D eigenvalue weighted by Gasteiger charge is 2.10. The molecule has 0 spiro atoms. The van der Waals surface area contributed by atoms with E-state index in [-0.39, 0.29) is 11.7 Å². The third-order valence-corrected chi connectivity index (χ3v) is 4.88. The number of hydrogen-bond donors (Lipinski definition) is 2. The average Bonchev–Trinajstić information content (AvgIpc) is 2.99. The van der Waals surface area contributed by atoms with Crippen LogP contribution in [0.4, 0.5) is 10.8 Å². The first-order chi connectivity index (χ1) is 11.1. The first-order valence-corrected chi connectivity index (χ1v) is 9.00. The molecule has 0 aliphatic rings. The molecular weight excluding hydrogens is 354 g/mol. The molecule has 0 saturated heterocycles. The Morgan fingerprint density at radius 3 is 3.04 bits per heavy atom. The number of aromatic nitrogens is 2. The average molecular weight is 368 g/mol. The van der Waals surface area contributed by atoms with Gasteiger partial charge in [-0.05, 0) is 24.6 Å². The Morgan fingerprint density at radius 2 is 2.30 bits per heavy atom. The van der Waals surface area contributed by atoms with Gasteiger partial charge < -0.3 is 10.6 Å². The lowest BCUT2D eigenvalue weighted by molar-refractivity contribution is -0.113. The molecule has 2 N–H and O–H groups in total. The lowest BCUT2D eigenvalue weighted by Gasteiger charge is -2.06. The van der Waals surface area contributed by atoms with E-state index >= 15 is 0 Å². The van der Waals surface area contributed by atoms with E-state index in [4.69, 9.17) is 16.9 Å². The number of rotatable bonds is 7. The van der Waals surface area contributed by atoms with E-state index < -0.39 is 0 Å². The Hall–Kier alpha value is -1.82. The summed E-state index contributed by atoms with van der Waals surface area (Å²) in [6.45, 7) is 2.91. The monoisotopic (exact) mass is 367 g/mol. The van der Waals surface area contributed by atoms with Gasteiger partial charge in [0.1, 0.15) is 6.07 Å². The zero-order valence-corrected chi connectivity index (χ0v) is 14.7. The van der Waals surface area contributed by atoms with E-state index in [0.29, 0.717) is 20.6 Å². The molecule has 0 aliphatic carbocycles. The molecule has 9 heteroatoms. The summed E-state index contributed by atoms with van der Waals surface area (Å²) in [5.41, 5.74) is 0.780. The third kappa shape index (κ3) is 5.39. The number of anilines is 2. The highest BCUT2D eigenvalue weighted by Crippen LogP contribution is 2.26. The molecular formula is C14H14ClN5OS2. The predicted molar refractivity (Wildman–Crippen MR) is 94.2 cm³/mol. The van der Waals surface area contributed by atoms with Gasteiger partial charge >= 0.3 is 0 Å². The number of nitrogens with one attached hydrogen (secondary N) is 2. The van der Waals surface area contributed by atoms with Gasteiger partial charge in [0.05, 0.1) is 17.0 Å². The lowest BCUT2D eigenvalue weighted by atomic mass is 10.2. The molecule has 0 aliphatic heterocycles. The maximum absolute atomic E-state index is 12.0. The number of nitriles is 1. The summed E-state index contributed by atoms with van der Waals surface area (Å²) in [7, 11) is 0. The Balaban J connectivity index is 1.89. The summed E-state index contributed by atoms with van der Waals surface area (Å²) in [5, 5.41) is 24.1. The normalized spacial score (nSPS) is 10.1. The highest BCUT2D eigenvalue weighted by molar-refractivity contribution is 8.01. The fraction of sp³-hybridized carbons (Fsp3) is 0.286. The first kappa shape index (κ1) is 17.5. The fourth-order valence-corrected chi connectivity index (χ4v) is 3.35. The van der Waals surface area contributed by atoms with Crippen molar-refractivity contribution in [1.82, 2.24) is 10.2 Å². The van der Waals surface area contributed by atoms with Crippen LogP contribution in [0.2, 0.25) is 5.02 Å². The fourth-order valence-electron chi connectivity index (χ4n) is 1.60. The molecule has 6 nitrogen and oxygen atoms in total. The largest absolute Gasteiger partial charge is 0.360 e. The third-order valence-electron chi connectivity index (χ3n) is 2.64. The van der Waals surface area contributed by atoms with Crippen molar-refractivity contribution in [3.05, 3.63) is 28.8 Å². The van der Waals surface area contributed by atoms with Crippen molar-refractivity contribution >= 4 is 51.4 Å². The minimum absolute atomic E-state index is 0.180. The van der Waals surface area contributed by atoms with Crippen LogP contribution >= 0.6 is 34.7 Å². The molecule has 2 aromatic rings. The van der Waals surface area contributed by atoms with Crippen LogP contribution in [0.15, 0.2) is 22.5 Å². The summed E-state index contributed by atoms with van der Waals surface area (Å²) in [5.74, 6) is -0.0492. The molecule has 0 radical (unpaired) electrons. The molecule has 0 saturated carbocycles. The second-order valence-electron chi connectivity index (χ2n) is 4.44. The number of benzene rings is 1. The van der Waals surface area contributed by atoms with Crippen LogP contribution in [0.1, 0.15) is 18.9 Å². The molecule has 23 heavy (non-hydrogen) atoms. The van der Waals surface area contributed by atoms with Crippen LogP contribution in [-0.4, -0.2) is 28.4 Å². The van der Waals surface area contributed by atoms with E-state index in [1.165, 1.54) is 23.1 Å². The van der Waals surface area contributed by atoms with Gasteiger partial charge in [0, 0.05) is 11.6 Å². The lowest BCUT2D eigenvalue weighted by Crippen LogP contribution is -2.14. The Morgan fingerprint density at radius 1 is 1.48 bits per heavy atom. The van der Waals surface area contributed by atoms with Gasteiger partial charge in [-0.25, -0.2) is 0 Å². The molecule has 0 bridgehead atoms. The van der Waals surface area contributed by atoms with E-state index in [0.717, 1.165) is 18.1 Å². The molecule has 1 aromatic heterocycles. The maximum atomic E-state index is 12.0. The Labute approximate surface area is 147 Å². The zero-order valence-electron chi connectivity index (χ0n) is 12.3. The van der Waals surface area contributed by atoms with Gasteiger partial charge in [-0.3, -0.25) is 4.79 Å². The number of carbonyl (C=O) groups excluding carboxylic acids is 1. The van der Waals surface area contributed by atoms with Crippen LogP contribution in [0.3, 0.4) is 0 Å². The highest BCUT2D eigenvalue weighted by atomic mass is 35.5. The maximum Gasteiger partial charge on any atom is 0.234 e. The van der Waals surface area contributed by atoms with Crippen molar-refractivity contribution < 1.29 is 4.79 Å². The zero-order chi connectivity index (χ0) is 16.7. The molecule has 0 unspecified atom stereocenters. The van der Waals surface area contributed by atoms with Crippen LogP contribution < -0.4 is 10.6 Å². The second-order valence-corrected chi connectivity index (χ2v) is 7.07. The van der Waals surface area contributed by atoms with Crippen molar-refractivity contribution in [2.45, 2.75) is 17.7 Å². The van der Waals surface area contributed by atoms with Crippen molar-refractivity contribution in [3.8, 4) is 6.07 Å². The van der Waals surface area contributed by atoms with Crippen LogP contribution in [0.5, 0.6) is 0 Å². The van der Waals surface area contributed by atoms with Gasteiger partial charge in [-0.2, -0.15) is 5.26 Å². The Bertz CT molecular complexity index is 728. The summed E-state index contributed by atoms with van der Waals surface area (Å²) in [4.78, 5) is 12.0. The number of hydrogen-bond acceptors (Lipinski definition) is 7. The van der Waals surface area contributed by atoms with Crippen molar-refractivity contribution in [3.63, 3.8) is 0 Å². The number of halogens is 1. The topological polar surface area (TPSA) is 90.7 Å². The second kappa shape index (κ2) is 8.72. The van der Waals surface area contributed by atoms with E-state index in [9.17, 15) is 4.79 Å². The van der Waals surface area contributed by atoms with E-state index in [1.54, 1.807) is 18.2 Å². The molecule has 1 aromatic carbocycles. The van der Waals surface area contributed by atoms with Gasteiger partial charge in [0.2, 0.25) is 11.0 Å². The summed E-state index contributed by atoms with van der Waals surface area (Å²) in [6.07, 6.45) is 1.01. The first-order valence-electron chi connectivity index (χ1n) is 6.82.